The van der Waals surface area contributed by atoms with Gasteiger partial charge in [0, 0.05) is 18.8 Å². The van der Waals surface area contributed by atoms with Crippen molar-refractivity contribution in [3.8, 4) is 0 Å². The molecule has 2 nitrogen and oxygen atoms in total. The van der Waals surface area contributed by atoms with Crippen LogP contribution in [-0.2, 0) is 0 Å². The van der Waals surface area contributed by atoms with Crippen LogP contribution >= 0.6 is 0 Å². The third-order valence-corrected chi connectivity index (χ3v) is 3.90. The molecule has 18 heavy (non-hydrogen) atoms. The Hall–Kier alpha value is -1.02. The topological polar surface area (TPSA) is 23.5 Å². The van der Waals surface area contributed by atoms with E-state index in [0.717, 1.165) is 36.9 Å². The number of hydrogen-bond donors (Lipinski definition) is 1. The quantitative estimate of drug-likeness (QED) is 0.882. The molecule has 2 unspecified atom stereocenters. The van der Waals surface area contributed by atoms with E-state index in [1.54, 1.807) is 0 Å². The van der Waals surface area contributed by atoms with Gasteiger partial charge in [0.05, 0.1) is 6.10 Å². The van der Waals surface area contributed by atoms with Gasteiger partial charge in [0.15, 0.2) is 0 Å². The molecule has 0 radical (unpaired) electrons. The second-order valence-electron chi connectivity index (χ2n) is 5.87. The summed E-state index contributed by atoms with van der Waals surface area (Å²) in [4.78, 5) is 2.47. The molecule has 3 atom stereocenters. The van der Waals surface area contributed by atoms with Crippen molar-refractivity contribution >= 4 is 5.69 Å². The Morgan fingerprint density at radius 2 is 1.72 bits per heavy atom. The number of anilines is 1. The zero-order valence-electron chi connectivity index (χ0n) is 11.8. The highest BCUT2D eigenvalue weighted by Crippen LogP contribution is 2.27. The number of benzene rings is 1. The largest absolute Gasteiger partial charge is 0.388 e. The molecule has 1 saturated heterocycles. The molecule has 2 rings (SSSR count). The lowest BCUT2D eigenvalue weighted by atomic mass is 9.91. The second-order valence-corrected chi connectivity index (χ2v) is 5.87. The molecule has 0 spiro atoms. The monoisotopic (exact) mass is 247 g/mol. The minimum atomic E-state index is -0.321. The van der Waals surface area contributed by atoms with E-state index < -0.39 is 0 Å². The summed E-state index contributed by atoms with van der Waals surface area (Å²) in [6.07, 6.45) is 1.79. The van der Waals surface area contributed by atoms with Crippen LogP contribution in [0.25, 0.3) is 0 Å². The van der Waals surface area contributed by atoms with E-state index in [1.807, 2.05) is 6.92 Å². The van der Waals surface area contributed by atoms with Gasteiger partial charge < -0.3 is 10.0 Å². The van der Waals surface area contributed by atoms with Gasteiger partial charge in [-0.15, -0.1) is 0 Å². The summed E-state index contributed by atoms with van der Waals surface area (Å²) in [5.74, 6) is 1.55. The number of piperidine rings is 1. The molecule has 1 aromatic rings. The zero-order valence-corrected chi connectivity index (χ0v) is 11.8. The highest BCUT2D eigenvalue weighted by Gasteiger charge is 2.21. The second kappa shape index (κ2) is 5.75. The first-order valence-electron chi connectivity index (χ1n) is 7.13. The Balaban J connectivity index is 2.09. The summed E-state index contributed by atoms with van der Waals surface area (Å²) in [5, 5.41) is 9.80. The fraction of sp³-hybridized carbons (Fsp3) is 0.625. The third-order valence-electron chi connectivity index (χ3n) is 3.90. The van der Waals surface area contributed by atoms with Gasteiger partial charge in [-0.3, -0.25) is 0 Å². The van der Waals surface area contributed by atoms with E-state index in [0.29, 0.717) is 0 Å². The molecule has 1 aliphatic heterocycles. The molecular weight excluding hydrogens is 222 g/mol. The van der Waals surface area contributed by atoms with Crippen molar-refractivity contribution in [2.45, 2.75) is 39.7 Å². The van der Waals surface area contributed by atoms with Gasteiger partial charge in [0.2, 0.25) is 0 Å². The lowest BCUT2D eigenvalue weighted by molar-refractivity contribution is 0.173. The standard InChI is InChI=1S/C16H25NO/c1-4-16(18)14-5-7-15(8-6-14)17-10-12(2)9-13(3)11-17/h5-8,12-13,16,18H,4,9-11H2,1-3H3/t12?,13?,16-/m1/s1. The van der Waals surface area contributed by atoms with Crippen molar-refractivity contribution in [3.63, 3.8) is 0 Å². The third kappa shape index (κ3) is 3.05. The predicted molar refractivity (Wildman–Crippen MR) is 76.9 cm³/mol. The minimum Gasteiger partial charge on any atom is -0.388 e. The van der Waals surface area contributed by atoms with Gasteiger partial charge in [-0.05, 0) is 42.4 Å². The van der Waals surface area contributed by atoms with Crippen molar-refractivity contribution in [2.24, 2.45) is 11.8 Å². The van der Waals surface area contributed by atoms with Crippen LogP contribution in [0.4, 0.5) is 5.69 Å². The molecule has 1 N–H and O–H groups in total. The molecule has 1 fully saturated rings. The molecule has 100 valence electrons. The van der Waals surface area contributed by atoms with E-state index in [4.69, 9.17) is 0 Å². The first-order valence-corrected chi connectivity index (χ1v) is 7.13. The predicted octanol–water partition coefficient (Wildman–Crippen LogP) is 3.61. The molecule has 0 saturated carbocycles. The molecule has 1 heterocycles. The Morgan fingerprint density at radius 1 is 1.17 bits per heavy atom. The number of aliphatic hydroxyl groups excluding tert-OH is 1. The van der Waals surface area contributed by atoms with Crippen LogP contribution in [0, 0.1) is 11.8 Å². The van der Waals surface area contributed by atoms with Crippen LogP contribution in [-0.4, -0.2) is 18.2 Å². The average Bonchev–Trinajstić information content (AvgIpc) is 2.37. The van der Waals surface area contributed by atoms with Gasteiger partial charge in [0.25, 0.3) is 0 Å². The van der Waals surface area contributed by atoms with Crippen LogP contribution in [0.5, 0.6) is 0 Å². The lowest BCUT2D eigenvalue weighted by Gasteiger charge is -2.36. The summed E-state index contributed by atoms with van der Waals surface area (Å²) in [6.45, 7) is 8.97. The van der Waals surface area contributed by atoms with E-state index in [1.165, 1.54) is 12.1 Å². The number of nitrogens with zero attached hydrogens (tertiary/aromatic N) is 1. The van der Waals surface area contributed by atoms with Crippen molar-refractivity contribution in [1.29, 1.82) is 0 Å². The summed E-state index contributed by atoms with van der Waals surface area (Å²) in [5.41, 5.74) is 2.32. The first-order chi connectivity index (χ1) is 8.60. The lowest BCUT2D eigenvalue weighted by Crippen LogP contribution is -2.38. The Labute approximate surface area is 111 Å². The molecule has 0 bridgehead atoms. The van der Waals surface area contributed by atoms with Crippen molar-refractivity contribution in [1.82, 2.24) is 0 Å². The van der Waals surface area contributed by atoms with Crippen molar-refractivity contribution < 1.29 is 5.11 Å². The summed E-state index contributed by atoms with van der Waals surface area (Å²) < 4.78 is 0. The normalized spacial score (nSPS) is 26.1. The van der Waals surface area contributed by atoms with Crippen molar-refractivity contribution in [3.05, 3.63) is 29.8 Å². The molecule has 2 heteroatoms. The maximum absolute atomic E-state index is 9.80. The maximum Gasteiger partial charge on any atom is 0.0787 e. The van der Waals surface area contributed by atoms with Crippen LogP contribution in [0.1, 0.15) is 45.3 Å². The van der Waals surface area contributed by atoms with E-state index in [2.05, 4.69) is 43.0 Å². The molecule has 1 aromatic carbocycles. The molecule has 0 amide bonds. The Kier molecular flexibility index (Phi) is 4.28. The van der Waals surface area contributed by atoms with Crippen molar-refractivity contribution in [2.75, 3.05) is 18.0 Å². The smallest absolute Gasteiger partial charge is 0.0787 e. The maximum atomic E-state index is 9.80. The fourth-order valence-corrected chi connectivity index (χ4v) is 3.02. The SMILES string of the molecule is CC[C@@H](O)c1ccc(N2CC(C)CC(C)C2)cc1. The summed E-state index contributed by atoms with van der Waals surface area (Å²) >= 11 is 0. The fourth-order valence-electron chi connectivity index (χ4n) is 3.02. The Morgan fingerprint density at radius 3 is 2.22 bits per heavy atom. The van der Waals surface area contributed by atoms with Crippen LogP contribution in [0.15, 0.2) is 24.3 Å². The number of rotatable bonds is 3. The minimum absolute atomic E-state index is 0.321. The van der Waals surface area contributed by atoms with E-state index in [9.17, 15) is 5.11 Å². The van der Waals surface area contributed by atoms with Crippen LogP contribution < -0.4 is 4.90 Å². The van der Waals surface area contributed by atoms with E-state index >= 15 is 0 Å². The highest BCUT2D eigenvalue weighted by molar-refractivity contribution is 5.48. The highest BCUT2D eigenvalue weighted by atomic mass is 16.3. The van der Waals surface area contributed by atoms with Gasteiger partial charge in [0.1, 0.15) is 0 Å². The average molecular weight is 247 g/mol. The van der Waals surface area contributed by atoms with Gasteiger partial charge in [-0.2, -0.15) is 0 Å². The Bertz CT molecular complexity index is 363. The van der Waals surface area contributed by atoms with Gasteiger partial charge in [-0.25, -0.2) is 0 Å². The molecule has 1 aliphatic rings. The molecule has 0 aliphatic carbocycles. The molecule has 0 aromatic heterocycles. The first kappa shape index (κ1) is 13.4. The van der Waals surface area contributed by atoms with Gasteiger partial charge >= 0.3 is 0 Å². The zero-order chi connectivity index (χ0) is 13.1. The molecular formula is C16H25NO. The van der Waals surface area contributed by atoms with E-state index in [-0.39, 0.29) is 6.10 Å². The van der Waals surface area contributed by atoms with Crippen LogP contribution in [0.2, 0.25) is 0 Å². The number of hydrogen-bond acceptors (Lipinski definition) is 2. The van der Waals surface area contributed by atoms with Gasteiger partial charge in [-0.1, -0.05) is 32.9 Å². The summed E-state index contributed by atoms with van der Waals surface area (Å²) in [7, 11) is 0. The summed E-state index contributed by atoms with van der Waals surface area (Å²) in [6, 6.07) is 8.43. The number of aliphatic hydroxyl groups is 1. The van der Waals surface area contributed by atoms with Crippen LogP contribution in [0.3, 0.4) is 0 Å².